The fourth-order valence-electron chi connectivity index (χ4n) is 2.02. The quantitative estimate of drug-likeness (QED) is 0.820. The molecule has 0 saturated carbocycles. The van der Waals surface area contributed by atoms with Gasteiger partial charge in [0.2, 0.25) is 0 Å². The topological polar surface area (TPSA) is 67.4 Å². The van der Waals surface area contributed by atoms with Crippen LogP contribution in [0.4, 0.5) is 10.1 Å². The number of anilines is 1. The van der Waals surface area contributed by atoms with Crippen molar-refractivity contribution in [1.82, 2.24) is 5.32 Å². The molecule has 2 amide bonds. The summed E-state index contributed by atoms with van der Waals surface area (Å²) in [6.07, 6.45) is 0.821. The number of carbonyl (C=O) groups is 2. The van der Waals surface area contributed by atoms with Crippen molar-refractivity contribution < 1.29 is 18.7 Å². The van der Waals surface area contributed by atoms with Gasteiger partial charge in [-0.05, 0) is 30.7 Å². The van der Waals surface area contributed by atoms with E-state index in [1.54, 1.807) is 30.3 Å². The first-order valence-corrected chi connectivity index (χ1v) is 7.65. The summed E-state index contributed by atoms with van der Waals surface area (Å²) in [5.74, 6) is -0.862. The zero-order valence-corrected chi connectivity index (χ0v) is 13.3. The van der Waals surface area contributed by atoms with E-state index < -0.39 is 11.7 Å². The Morgan fingerprint density at radius 1 is 1.12 bits per heavy atom. The molecular formula is C18H19FN2O3. The molecule has 0 aliphatic carbocycles. The zero-order chi connectivity index (χ0) is 17.4. The summed E-state index contributed by atoms with van der Waals surface area (Å²) in [5, 5.41) is 5.40. The minimum Gasteiger partial charge on any atom is -0.484 e. The number of benzene rings is 2. The molecule has 0 radical (unpaired) electrons. The lowest BCUT2D eigenvalue weighted by atomic mass is 10.1. The van der Waals surface area contributed by atoms with Crippen LogP contribution in [0.3, 0.4) is 0 Å². The first-order chi connectivity index (χ1) is 11.6. The predicted octanol–water partition coefficient (Wildman–Crippen LogP) is 2.98. The summed E-state index contributed by atoms with van der Waals surface area (Å²) in [5.41, 5.74) is 0.781. The summed E-state index contributed by atoms with van der Waals surface area (Å²) in [6, 6.07) is 12.3. The lowest BCUT2D eigenvalue weighted by Crippen LogP contribution is -2.27. The molecule has 0 aliphatic heterocycles. The first-order valence-electron chi connectivity index (χ1n) is 7.65. The monoisotopic (exact) mass is 330 g/mol. The van der Waals surface area contributed by atoms with Crippen LogP contribution in [0.5, 0.6) is 5.75 Å². The minimum absolute atomic E-state index is 0.251. The van der Waals surface area contributed by atoms with E-state index in [9.17, 15) is 14.0 Å². The number of amides is 2. The molecule has 2 rings (SSSR count). The number of rotatable bonds is 7. The van der Waals surface area contributed by atoms with Gasteiger partial charge in [0.25, 0.3) is 11.8 Å². The fourth-order valence-corrected chi connectivity index (χ4v) is 2.02. The summed E-state index contributed by atoms with van der Waals surface area (Å²) in [4.78, 5) is 24.1. The number of carbonyl (C=O) groups excluding carboxylic acids is 2. The predicted molar refractivity (Wildman–Crippen MR) is 89.6 cm³/mol. The van der Waals surface area contributed by atoms with E-state index in [0.29, 0.717) is 17.8 Å². The van der Waals surface area contributed by atoms with Gasteiger partial charge in [0.15, 0.2) is 6.61 Å². The van der Waals surface area contributed by atoms with Gasteiger partial charge in [0.05, 0.1) is 11.3 Å². The molecule has 0 aromatic heterocycles. The largest absolute Gasteiger partial charge is 0.484 e. The smallest absolute Gasteiger partial charge is 0.262 e. The van der Waals surface area contributed by atoms with Crippen LogP contribution in [0.2, 0.25) is 0 Å². The minimum atomic E-state index is -0.439. The highest BCUT2D eigenvalue weighted by Gasteiger charge is 2.13. The summed E-state index contributed by atoms with van der Waals surface area (Å²) in [6.45, 7) is 2.23. The van der Waals surface area contributed by atoms with E-state index in [1.807, 2.05) is 6.92 Å². The Morgan fingerprint density at radius 2 is 1.92 bits per heavy atom. The Morgan fingerprint density at radius 3 is 2.67 bits per heavy atom. The van der Waals surface area contributed by atoms with Crippen molar-refractivity contribution in [1.29, 1.82) is 0 Å². The van der Waals surface area contributed by atoms with Gasteiger partial charge in [-0.2, -0.15) is 0 Å². The number of nitrogens with one attached hydrogen (secondary N) is 2. The van der Waals surface area contributed by atoms with E-state index in [1.165, 1.54) is 18.2 Å². The molecule has 0 heterocycles. The highest BCUT2D eigenvalue weighted by atomic mass is 19.1. The van der Waals surface area contributed by atoms with Crippen LogP contribution in [0, 0.1) is 5.82 Å². The van der Waals surface area contributed by atoms with Crippen molar-refractivity contribution in [2.75, 3.05) is 18.5 Å². The average Bonchev–Trinajstić information content (AvgIpc) is 2.58. The van der Waals surface area contributed by atoms with Crippen LogP contribution >= 0.6 is 0 Å². The van der Waals surface area contributed by atoms with Crippen LogP contribution in [-0.2, 0) is 4.79 Å². The Kier molecular flexibility index (Phi) is 6.31. The summed E-state index contributed by atoms with van der Waals surface area (Å²) in [7, 11) is 0. The molecule has 0 unspecified atom stereocenters. The number of hydrogen-bond acceptors (Lipinski definition) is 3. The van der Waals surface area contributed by atoms with Crippen molar-refractivity contribution in [3.8, 4) is 5.75 Å². The molecule has 0 saturated heterocycles. The summed E-state index contributed by atoms with van der Waals surface area (Å²) < 4.78 is 18.3. The van der Waals surface area contributed by atoms with Gasteiger partial charge in [-0.1, -0.05) is 25.1 Å². The van der Waals surface area contributed by atoms with Crippen LogP contribution in [0.1, 0.15) is 23.7 Å². The molecule has 5 nitrogen and oxygen atoms in total. The van der Waals surface area contributed by atoms with Crippen molar-refractivity contribution in [3.63, 3.8) is 0 Å². The van der Waals surface area contributed by atoms with Gasteiger partial charge in [0, 0.05) is 12.6 Å². The molecule has 0 bridgehead atoms. The lowest BCUT2D eigenvalue weighted by Gasteiger charge is -2.11. The highest BCUT2D eigenvalue weighted by molar-refractivity contribution is 6.04. The van der Waals surface area contributed by atoms with E-state index >= 15 is 0 Å². The third-order valence-corrected chi connectivity index (χ3v) is 3.15. The van der Waals surface area contributed by atoms with Gasteiger partial charge in [0.1, 0.15) is 11.6 Å². The average molecular weight is 330 g/mol. The van der Waals surface area contributed by atoms with E-state index in [2.05, 4.69) is 10.6 Å². The van der Waals surface area contributed by atoms with Crippen molar-refractivity contribution in [2.24, 2.45) is 0 Å². The second-order valence-electron chi connectivity index (χ2n) is 5.10. The number of ether oxygens (including phenoxy) is 1. The molecule has 24 heavy (non-hydrogen) atoms. The van der Waals surface area contributed by atoms with Crippen LogP contribution in [0.25, 0.3) is 0 Å². The Balaban J connectivity index is 1.97. The maximum absolute atomic E-state index is 13.1. The van der Waals surface area contributed by atoms with Crippen molar-refractivity contribution in [3.05, 3.63) is 59.9 Å². The maximum Gasteiger partial charge on any atom is 0.262 e. The zero-order valence-electron chi connectivity index (χ0n) is 13.3. The van der Waals surface area contributed by atoms with E-state index in [0.717, 1.165) is 6.42 Å². The van der Waals surface area contributed by atoms with Gasteiger partial charge in [-0.25, -0.2) is 4.39 Å². The Hall–Kier alpha value is -2.89. The van der Waals surface area contributed by atoms with Crippen LogP contribution in [-0.4, -0.2) is 25.0 Å². The van der Waals surface area contributed by atoms with E-state index in [4.69, 9.17) is 4.74 Å². The Labute approximate surface area is 139 Å². The fraction of sp³-hybridized carbons (Fsp3) is 0.222. The number of hydrogen-bond donors (Lipinski definition) is 2. The second-order valence-corrected chi connectivity index (χ2v) is 5.10. The van der Waals surface area contributed by atoms with Gasteiger partial charge in [-0.3, -0.25) is 9.59 Å². The molecule has 2 aromatic rings. The molecule has 0 atom stereocenters. The van der Waals surface area contributed by atoms with Crippen LogP contribution < -0.4 is 15.4 Å². The van der Waals surface area contributed by atoms with Crippen molar-refractivity contribution in [2.45, 2.75) is 13.3 Å². The van der Waals surface area contributed by atoms with Gasteiger partial charge >= 0.3 is 0 Å². The summed E-state index contributed by atoms with van der Waals surface area (Å²) >= 11 is 0. The standard InChI is InChI=1S/C18H19FN2O3/c1-2-10-20-18(23)15-8-3-4-9-16(15)21-17(22)12-24-14-7-5-6-13(19)11-14/h3-9,11H,2,10,12H2,1H3,(H,20,23)(H,21,22). The molecular weight excluding hydrogens is 311 g/mol. The SMILES string of the molecule is CCCNC(=O)c1ccccc1NC(=O)COc1cccc(F)c1. The molecule has 2 aromatic carbocycles. The first kappa shape index (κ1) is 17.5. The van der Waals surface area contributed by atoms with E-state index in [-0.39, 0.29) is 18.3 Å². The maximum atomic E-state index is 13.1. The van der Waals surface area contributed by atoms with Crippen LogP contribution in [0.15, 0.2) is 48.5 Å². The Bertz CT molecular complexity index is 719. The normalized spacial score (nSPS) is 10.1. The molecule has 6 heteroatoms. The molecule has 0 aliphatic rings. The third kappa shape index (κ3) is 5.08. The third-order valence-electron chi connectivity index (χ3n) is 3.15. The van der Waals surface area contributed by atoms with Gasteiger partial charge in [-0.15, -0.1) is 0 Å². The molecule has 2 N–H and O–H groups in total. The molecule has 0 fully saturated rings. The lowest BCUT2D eigenvalue weighted by molar-refractivity contribution is -0.118. The highest BCUT2D eigenvalue weighted by Crippen LogP contribution is 2.16. The molecule has 0 spiro atoms. The number of halogens is 1. The molecule has 126 valence electrons. The van der Waals surface area contributed by atoms with Crippen molar-refractivity contribution >= 4 is 17.5 Å². The second kappa shape index (κ2) is 8.67. The van der Waals surface area contributed by atoms with Gasteiger partial charge < -0.3 is 15.4 Å². The number of para-hydroxylation sites is 1.